The second-order valence-electron chi connectivity index (χ2n) is 9.87. The highest BCUT2D eigenvalue weighted by Gasteiger charge is 2.57. The maximum Gasteiger partial charge on any atom is 0.218 e. The van der Waals surface area contributed by atoms with Crippen molar-refractivity contribution in [2.75, 3.05) is 0 Å². The van der Waals surface area contributed by atoms with E-state index in [2.05, 4.69) is 0 Å². The molecule has 0 rings (SSSR count). The van der Waals surface area contributed by atoms with Gasteiger partial charge in [0.25, 0.3) is 0 Å². The average Bonchev–Trinajstić information content (AvgIpc) is 2.09. The minimum Gasteiger partial charge on any atom is -0.291 e. The Morgan fingerprint density at radius 2 is 0.619 bits per heavy atom. The van der Waals surface area contributed by atoms with Crippen LogP contribution in [-0.4, -0.2) is 20.6 Å². The Hall–Kier alpha value is 0.420. The molecule has 0 aromatic carbocycles. The largest absolute Gasteiger partial charge is 0.291 e. The van der Waals surface area contributed by atoms with Gasteiger partial charge in [0.2, 0.25) is 14.7 Å². The molecular formula is C16H36O3P2. The maximum atomic E-state index is 13.8. The summed E-state index contributed by atoms with van der Waals surface area (Å²) in [5.41, 5.74) is 0. The predicted octanol–water partition coefficient (Wildman–Crippen LogP) is 6.75. The first-order valence-electron chi connectivity index (χ1n) is 7.62. The highest BCUT2D eigenvalue weighted by molar-refractivity contribution is 7.75. The molecule has 0 aliphatic heterocycles. The van der Waals surface area contributed by atoms with Crippen LogP contribution in [0.2, 0.25) is 0 Å². The number of hydrogen-bond acceptors (Lipinski definition) is 3. The fourth-order valence-electron chi connectivity index (χ4n) is 2.66. The molecule has 0 heterocycles. The predicted molar refractivity (Wildman–Crippen MR) is 95.3 cm³/mol. The first-order chi connectivity index (χ1) is 8.71. The molecule has 0 fully saturated rings. The van der Waals surface area contributed by atoms with E-state index in [1.807, 2.05) is 83.1 Å². The molecule has 0 aliphatic carbocycles. The van der Waals surface area contributed by atoms with Crippen LogP contribution in [0.25, 0.3) is 0 Å². The Morgan fingerprint density at radius 3 is 0.714 bits per heavy atom. The second kappa shape index (κ2) is 5.50. The van der Waals surface area contributed by atoms with Gasteiger partial charge >= 0.3 is 0 Å². The van der Waals surface area contributed by atoms with Crippen molar-refractivity contribution in [2.24, 2.45) is 0 Å². The molecule has 0 spiro atoms. The lowest BCUT2D eigenvalue weighted by Crippen LogP contribution is -2.35. The van der Waals surface area contributed by atoms with E-state index >= 15 is 0 Å². The zero-order chi connectivity index (χ0) is 17.7. The summed E-state index contributed by atoms with van der Waals surface area (Å²) in [7, 11) is -6.33. The third kappa shape index (κ3) is 3.85. The van der Waals surface area contributed by atoms with Gasteiger partial charge in [0.1, 0.15) is 0 Å². The Morgan fingerprint density at radius 1 is 0.476 bits per heavy atom. The number of hydrogen-bond donors (Lipinski definition) is 0. The maximum absolute atomic E-state index is 13.8. The summed E-state index contributed by atoms with van der Waals surface area (Å²) in [5, 5.41) is -2.23. The summed E-state index contributed by atoms with van der Waals surface area (Å²) in [6.07, 6.45) is 0. The Labute approximate surface area is 132 Å². The van der Waals surface area contributed by atoms with Crippen LogP contribution in [0.1, 0.15) is 83.1 Å². The summed E-state index contributed by atoms with van der Waals surface area (Å²) >= 11 is 0. The van der Waals surface area contributed by atoms with Gasteiger partial charge in [0, 0.05) is 20.6 Å². The molecule has 0 radical (unpaired) electrons. The quantitative estimate of drug-likeness (QED) is 0.523. The Balaban J connectivity index is 6.31. The minimum absolute atomic E-state index is 0.558. The SMILES string of the molecule is CC(C)(C)P(=O)(OP(=O)(C(C)(C)C)C(C)(C)C)C(C)(C)C. The molecule has 0 aromatic heterocycles. The summed E-state index contributed by atoms with van der Waals surface area (Å²) in [4.78, 5) is 0. The van der Waals surface area contributed by atoms with Crippen LogP contribution in [0.5, 0.6) is 0 Å². The van der Waals surface area contributed by atoms with E-state index in [1.54, 1.807) is 0 Å². The summed E-state index contributed by atoms with van der Waals surface area (Å²) < 4.78 is 33.7. The van der Waals surface area contributed by atoms with Gasteiger partial charge in [-0.15, -0.1) is 0 Å². The third-order valence-corrected chi connectivity index (χ3v) is 12.7. The second-order valence-corrected chi connectivity index (χ2v) is 18.1. The van der Waals surface area contributed by atoms with E-state index in [0.717, 1.165) is 0 Å². The van der Waals surface area contributed by atoms with Crippen molar-refractivity contribution >= 4 is 14.7 Å². The van der Waals surface area contributed by atoms with Crippen LogP contribution in [0.3, 0.4) is 0 Å². The monoisotopic (exact) mass is 338 g/mol. The van der Waals surface area contributed by atoms with Crippen molar-refractivity contribution in [1.29, 1.82) is 0 Å². The normalized spacial score (nSPS) is 16.2. The van der Waals surface area contributed by atoms with Crippen molar-refractivity contribution in [2.45, 2.75) is 104 Å². The molecule has 0 saturated carbocycles. The zero-order valence-corrected chi connectivity index (χ0v) is 17.9. The number of rotatable bonds is 2. The van der Waals surface area contributed by atoms with Crippen molar-refractivity contribution in [1.82, 2.24) is 0 Å². The van der Waals surface area contributed by atoms with Crippen LogP contribution in [0.15, 0.2) is 0 Å². The Bertz CT molecular complexity index is 386. The summed E-state index contributed by atoms with van der Waals surface area (Å²) in [6.45, 7) is 22.9. The molecule has 5 heteroatoms. The van der Waals surface area contributed by atoms with Gasteiger partial charge in [-0.1, -0.05) is 83.1 Å². The van der Waals surface area contributed by atoms with Gasteiger partial charge < -0.3 is 0 Å². The van der Waals surface area contributed by atoms with Crippen LogP contribution in [0, 0.1) is 0 Å². The van der Waals surface area contributed by atoms with Gasteiger partial charge in [0.05, 0.1) is 0 Å². The van der Waals surface area contributed by atoms with Gasteiger partial charge in [-0.05, 0) is 0 Å². The average molecular weight is 338 g/mol. The first-order valence-corrected chi connectivity index (χ1v) is 10.9. The van der Waals surface area contributed by atoms with Crippen molar-refractivity contribution in [3.63, 3.8) is 0 Å². The first kappa shape index (κ1) is 21.4. The molecule has 0 aromatic rings. The van der Waals surface area contributed by atoms with Crippen LogP contribution in [-0.2, 0) is 13.4 Å². The van der Waals surface area contributed by atoms with Gasteiger partial charge in [0.15, 0.2) is 0 Å². The van der Waals surface area contributed by atoms with E-state index in [-0.39, 0.29) is 0 Å². The van der Waals surface area contributed by atoms with E-state index in [0.29, 0.717) is 0 Å². The molecule has 128 valence electrons. The molecule has 0 unspecified atom stereocenters. The Kier molecular flexibility index (Phi) is 5.61. The molecule has 3 nitrogen and oxygen atoms in total. The van der Waals surface area contributed by atoms with Crippen molar-refractivity contribution < 1.29 is 13.4 Å². The zero-order valence-electron chi connectivity index (χ0n) is 16.1. The van der Waals surface area contributed by atoms with Crippen molar-refractivity contribution in [3.8, 4) is 0 Å². The molecule has 0 amide bonds. The molecule has 0 bridgehead atoms. The topological polar surface area (TPSA) is 43.4 Å². The lowest BCUT2D eigenvalue weighted by Gasteiger charge is -2.48. The molecule has 0 atom stereocenters. The van der Waals surface area contributed by atoms with E-state index < -0.39 is 35.4 Å². The van der Waals surface area contributed by atoms with Gasteiger partial charge in [-0.25, -0.2) is 0 Å². The van der Waals surface area contributed by atoms with Gasteiger partial charge in [-0.3, -0.25) is 13.4 Å². The highest BCUT2D eigenvalue weighted by Crippen LogP contribution is 2.81. The van der Waals surface area contributed by atoms with Crippen molar-refractivity contribution in [3.05, 3.63) is 0 Å². The molecular weight excluding hydrogens is 302 g/mol. The fourth-order valence-corrected chi connectivity index (χ4v) is 11.9. The van der Waals surface area contributed by atoms with Crippen LogP contribution >= 0.6 is 14.7 Å². The fraction of sp³-hybridized carbons (Fsp3) is 1.00. The third-order valence-electron chi connectivity index (χ3n) is 3.76. The smallest absolute Gasteiger partial charge is 0.218 e. The van der Waals surface area contributed by atoms with E-state index in [4.69, 9.17) is 4.31 Å². The van der Waals surface area contributed by atoms with Crippen LogP contribution < -0.4 is 0 Å². The van der Waals surface area contributed by atoms with Gasteiger partial charge in [-0.2, -0.15) is 0 Å². The molecule has 21 heavy (non-hydrogen) atoms. The minimum atomic E-state index is -3.16. The summed E-state index contributed by atoms with van der Waals surface area (Å²) in [6, 6.07) is 0. The van der Waals surface area contributed by atoms with E-state index in [1.165, 1.54) is 0 Å². The van der Waals surface area contributed by atoms with E-state index in [9.17, 15) is 9.13 Å². The lowest BCUT2D eigenvalue weighted by molar-refractivity contribution is 0.377. The standard InChI is InChI=1S/C16H36O3P2/c1-13(2,3)20(17,14(4,5)6)19-21(18,15(7,8)9)16(10,11)12/h1-12H3. The lowest BCUT2D eigenvalue weighted by atomic mass is 10.2. The molecule has 0 N–H and O–H groups in total. The summed E-state index contributed by atoms with van der Waals surface area (Å²) in [5.74, 6) is 0. The molecule has 0 saturated heterocycles. The van der Waals surface area contributed by atoms with Crippen LogP contribution in [0.4, 0.5) is 0 Å². The molecule has 0 aliphatic rings. The highest BCUT2D eigenvalue weighted by atomic mass is 31.2.